The van der Waals surface area contributed by atoms with E-state index in [0.717, 1.165) is 30.8 Å². The molecule has 0 bridgehead atoms. The number of hydrogen-bond acceptors (Lipinski definition) is 3. The summed E-state index contributed by atoms with van der Waals surface area (Å²) in [4.78, 5) is 0. The third kappa shape index (κ3) is 4.97. The van der Waals surface area contributed by atoms with Gasteiger partial charge in [0.2, 0.25) is 0 Å². The standard InChI is InChI=1S/C18H22N2O/c1-2-11-20-12-10-15-8-9-18(17(19)13-15)21-14-16-6-4-3-5-7-16/h2-9,13,20H,1,10-12,14,19H2. The van der Waals surface area contributed by atoms with Crippen LogP contribution in [-0.4, -0.2) is 13.1 Å². The summed E-state index contributed by atoms with van der Waals surface area (Å²) < 4.78 is 5.77. The van der Waals surface area contributed by atoms with Crippen molar-refractivity contribution < 1.29 is 4.74 Å². The van der Waals surface area contributed by atoms with Crippen molar-refractivity contribution in [1.82, 2.24) is 5.32 Å². The molecule has 0 spiro atoms. The zero-order valence-corrected chi connectivity index (χ0v) is 12.2. The van der Waals surface area contributed by atoms with Gasteiger partial charge in [0, 0.05) is 6.54 Å². The zero-order chi connectivity index (χ0) is 14.9. The highest BCUT2D eigenvalue weighted by molar-refractivity contribution is 5.54. The van der Waals surface area contributed by atoms with Gasteiger partial charge in [-0.1, -0.05) is 42.5 Å². The molecule has 110 valence electrons. The van der Waals surface area contributed by atoms with Crippen molar-refractivity contribution in [2.45, 2.75) is 13.0 Å². The number of nitrogen functional groups attached to an aromatic ring is 1. The average Bonchev–Trinajstić information content (AvgIpc) is 2.52. The Morgan fingerprint density at radius 1 is 1.10 bits per heavy atom. The highest BCUT2D eigenvalue weighted by atomic mass is 16.5. The lowest BCUT2D eigenvalue weighted by molar-refractivity contribution is 0.308. The molecule has 0 unspecified atom stereocenters. The van der Waals surface area contributed by atoms with E-state index in [2.05, 4.69) is 18.0 Å². The molecule has 0 saturated carbocycles. The molecule has 0 atom stereocenters. The summed E-state index contributed by atoms with van der Waals surface area (Å²) in [5, 5.41) is 3.27. The molecular weight excluding hydrogens is 260 g/mol. The lowest BCUT2D eigenvalue weighted by atomic mass is 10.1. The van der Waals surface area contributed by atoms with Crippen LogP contribution in [0.1, 0.15) is 11.1 Å². The van der Waals surface area contributed by atoms with Gasteiger partial charge >= 0.3 is 0 Å². The van der Waals surface area contributed by atoms with Crippen LogP contribution in [0.3, 0.4) is 0 Å². The van der Waals surface area contributed by atoms with E-state index in [1.165, 1.54) is 5.56 Å². The Morgan fingerprint density at radius 2 is 1.90 bits per heavy atom. The Kier molecular flexibility index (Phi) is 5.85. The van der Waals surface area contributed by atoms with Crippen LogP contribution in [0.15, 0.2) is 61.2 Å². The molecule has 21 heavy (non-hydrogen) atoms. The van der Waals surface area contributed by atoms with Crippen molar-refractivity contribution in [3.05, 3.63) is 72.3 Å². The first kappa shape index (κ1) is 15.1. The quantitative estimate of drug-likeness (QED) is 0.444. The van der Waals surface area contributed by atoms with E-state index in [4.69, 9.17) is 10.5 Å². The fraction of sp³-hybridized carbons (Fsp3) is 0.222. The largest absolute Gasteiger partial charge is 0.487 e. The highest BCUT2D eigenvalue weighted by Crippen LogP contribution is 2.23. The maximum atomic E-state index is 6.05. The Bertz CT molecular complexity index is 567. The number of ether oxygens (including phenoxy) is 1. The molecule has 2 rings (SSSR count). The van der Waals surface area contributed by atoms with Gasteiger partial charge in [0.15, 0.2) is 0 Å². The first-order valence-electron chi connectivity index (χ1n) is 7.16. The molecule has 0 saturated heterocycles. The summed E-state index contributed by atoms with van der Waals surface area (Å²) in [6, 6.07) is 16.1. The molecule has 3 heteroatoms. The number of anilines is 1. The van der Waals surface area contributed by atoms with Gasteiger partial charge in [-0.3, -0.25) is 0 Å². The molecule has 3 nitrogen and oxygen atoms in total. The molecule has 0 aliphatic heterocycles. The first-order chi connectivity index (χ1) is 10.3. The van der Waals surface area contributed by atoms with Crippen molar-refractivity contribution in [2.24, 2.45) is 0 Å². The summed E-state index contributed by atoms with van der Waals surface area (Å²) in [5.74, 6) is 0.738. The van der Waals surface area contributed by atoms with Crippen LogP contribution in [0.25, 0.3) is 0 Å². The summed E-state index contributed by atoms with van der Waals surface area (Å²) in [6.45, 7) is 5.95. The molecule has 2 aromatic carbocycles. The van der Waals surface area contributed by atoms with Crippen molar-refractivity contribution >= 4 is 5.69 Å². The third-order valence-electron chi connectivity index (χ3n) is 3.19. The van der Waals surface area contributed by atoms with Gasteiger partial charge in [-0.25, -0.2) is 0 Å². The molecule has 0 amide bonds. The van der Waals surface area contributed by atoms with Crippen molar-refractivity contribution in [3.8, 4) is 5.75 Å². The summed E-state index contributed by atoms with van der Waals surface area (Å²) >= 11 is 0. The number of benzene rings is 2. The lowest BCUT2D eigenvalue weighted by Crippen LogP contribution is -2.16. The number of nitrogens with two attached hydrogens (primary N) is 1. The first-order valence-corrected chi connectivity index (χ1v) is 7.16. The monoisotopic (exact) mass is 282 g/mol. The minimum atomic E-state index is 0.533. The van der Waals surface area contributed by atoms with Gasteiger partial charge < -0.3 is 15.8 Å². The summed E-state index contributed by atoms with van der Waals surface area (Å²) in [6.07, 6.45) is 2.80. The van der Waals surface area contributed by atoms with Crippen molar-refractivity contribution in [3.63, 3.8) is 0 Å². The predicted molar refractivity (Wildman–Crippen MR) is 88.4 cm³/mol. The minimum Gasteiger partial charge on any atom is -0.487 e. The topological polar surface area (TPSA) is 47.3 Å². The molecule has 3 N–H and O–H groups in total. The number of rotatable bonds is 8. The van der Waals surface area contributed by atoms with E-state index >= 15 is 0 Å². The fourth-order valence-corrected chi connectivity index (χ4v) is 2.06. The number of hydrogen-bond donors (Lipinski definition) is 2. The third-order valence-corrected chi connectivity index (χ3v) is 3.19. The summed E-state index contributed by atoms with van der Waals surface area (Å²) in [7, 11) is 0. The smallest absolute Gasteiger partial charge is 0.142 e. The number of nitrogens with one attached hydrogen (secondary N) is 1. The van der Waals surface area contributed by atoms with Crippen LogP contribution >= 0.6 is 0 Å². The van der Waals surface area contributed by atoms with Crippen LogP contribution in [0.4, 0.5) is 5.69 Å². The molecule has 0 aromatic heterocycles. The van der Waals surface area contributed by atoms with E-state index in [0.29, 0.717) is 12.3 Å². The van der Waals surface area contributed by atoms with Crippen LogP contribution in [0.2, 0.25) is 0 Å². The van der Waals surface area contributed by atoms with Crippen LogP contribution in [-0.2, 0) is 13.0 Å². The Balaban J connectivity index is 1.88. The summed E-state index contributed by atoms with van der Waals surface area (Å²) in [5.41, 5.74) is 9.08. The van der Waals surface area contributed by atoms with Crippen molar-refractivity contribution in [2.75, 3.05) is 18.8 Å². The molecule has 0 fully saturated rings. The van der Waals surface area contributed by atoms with Crippen LogP contribution < -0.4 is 15.8 Å². The van der Waals surface area contributed by atoms with Gasteiger partial charge in [-0.15, -0.1) is 6.58 Å². The van der Waals surface area contributed by atoms with E-state index in [1.54, 1.807) is 0 Å². The second kappa shape index (κ2) is 8.12. The van der Waals surface area contributed by atoms with E-state index in [9.17, 15) is 0 Å². The second-order valence-electron chi connectivity index (χ2n) is 4.89. The average molecular weight is 282 g/mol. The lowest BCUT2D eigenvalue weighted by Gasteiger charge is -2.11. The minimum absolute atomic E-state index is 0.533. The normalized spacial score (nSPS) is 10.3. The van der Waals surface area contributed by atoms with Gasteiger partial charge in [-0.05, 0) is 36.2 Å². The maximum Gasteiger partial charge on any atom is 0.142 e. The Hall–Kier alpha value is -2.26. The molecule has 0 aliphatic carbocycles. The zero-order valence-electron chi connectivity index (χ0n) is 12.2. The van der Waals surface area contributed by atoms with E-state index in [1.807, 2.05) is 48.5 Å². The van der Waals surface area contributed by atoms with Gasteiger partial charge in [0.1, 0.15) is 12.4 Å². The van der Waals surface area contributed by atoms with Gasteiger partial charge in [0.25, 0.3) is 0 Å². The second-order valence-corrected chi connectivity index (χ2v) is 4.89. The highest BCUT2D eigenvalue weighted by Gasteiger charge is 2.03. The van der Waals surface area contributed by atoms with E-state index in [-0.39, 0.29) is 0 Å². The molecule has 0 radical (unpaired) electrons. The molecule has 0 heterocycles. The Morgan fingerprint density at radius 3 is 2.62 bits per heavy atom. The van der Waals surface area contributed by atoms with Crippen molar-refractivity contribution in [1.29, 1.82) is 0 Å². The SMILES string of the molecule is C=CCNCCc1ccc(OCc2ccccc2)c(N)c1. The molecule has 2 aromatic rings. The molecule has 0 aliphatic rings. The van der Waals surface area contributed by atoms with Crippen LogP contribution in [0.5, 0.6) is 5.75 Å². The predicted octanol–water partition coefficient (Wildman–Crippen LogP) is 3.17. The van der Waals surface area contributed by atoms with Crippen LogP contribution in [0, 0.1) is 0 Å². The van der Waals surface area contributed by atoms with E-state index < -0.39 is 0 Å². The maximum absolute atomic E-state index is 6.05. The Labute approximate surface area is 126 Å². The fourth-order valence-electron chi connectivity index (χ4n) is 2.06. The van der Waals surface area contributed by atoms with Gasteiger partial charge in [0.05, 0.1) is 5.69 Å². The molecular formula is C18H22N2O. The van der Waals surface area contributed by atoms with Gasteiger partial charge in [-0.2, -0.15) is 0 Å².